The standard InChI is InChI=1S/C13H26N2O2/c1-16-11-8-15(13-2-3-13)7-6-14-12-4-9-17-10-5-12/h12-14H,2-11H2,1H3. The summed E-state index contributed by atoms with van der Waals surface area (Å²) in [5, 5.41) is 3.65. The molecule has 0 aromatic carbocycles. The van der Waals surface area contributed by atoms with Crippen LogP contribution in [0.25, 0.3) is 0 Å². The molecule has 4 nitrogen and oxygen atoms in total. The molecule has 1 saturated heterocycles. The molecule has 17 heavy (non-hydrogen) atoms. The molecule has 0 radical (unpaired) electrons. The molecule has 2 aliphatic rings. The third-order valence-corrected chi connectivity index (χ3v) is 3.70. The minimum Gasteiger partial charge on any atom is -0.383 e. The molecular weight excluding hydrogens is 216 g/mol. The van der Waals surface area contributed by atoms with Gasteiger partial charge >= 0.3 is 0 Å². The molecule has 0 aromatic heterocycles. The topological polar surface area (TPSA) is 33.7 Å². The van der Waals surface area contributed by atoms with Crippen LogP contribution in [0.15, 0.2) is 0 Å². The maximum absolute atomic E-state index is 5.36. The fraction of sp³-hybridized carbons (Fsp3) is 1.00. The van der Waals surface area contributed by atoms with Crippen molar-refractivity contribution in [2.75, 3.05) is 46.6 Å². The second kappa shape index (κ2) is 7.31. The lowest BCUT2D eigenvalue weighted by molar-refractivity contribution is 0.0765. The number of methoxy groups -OCH3 is 1. The van der Waals surface area contributed by atoms with Crippen LogP contribution in [0.1, 0.15) is 25.7 Å². The maximum atomic E-state index is 5.36. The molecule has 1 N–H and O–H groups in total. The first-order valence-electron chi connectivity index (χ1n) is 6.94. The molecule has 0 unspecified atom stereocenters. The summed E-state index contributed by atoms with van der Waals surface area (Å²) in [6.07, 6.45) is 5.09. The fourth-order valence-corrected chi connectivity index (χ4v) is 2.44. The summed E-state index contributed by atoms with van der Waals surface area (Å²) in [6.45, 7) is 6.04. The van der Waals surface area contributed by atoms with Crippen LogP contribution >= 0.6 is 0 Å². The number of rotatable bonds is 8. The van der Waals surface area contributed by atoms with Crippen molar-refractivity contribution in [1.82, 2.24) is 10.2 Å². The molecule has 0 spiro atoms. The van der Waals surface area contributed by atoms with E-state index in [1.54, 1.807) is 7.11 Å². The van der Waals surface area contributed by atoms with Gasteiger partial charge < -0.3 is 14.8 Å². The van der Waals surface area contributed by atoms with E-state index in [2.05, 4.69) is 10.2 Å². The first-order chi connectivity index (χ1) is 8.40. The number of hydrogen-bond donors (Lipinski definition) is 1. The van der Waals surface area contributed by atoms with Crippen LogP contribution in [0.2, 0.25) is 0 Å². The van der Waals surface area contributed by atoms with Crippen molar-refractivity contribution in [3.8, 4) is 0 Å². The molecule has 100 valence electrons. The molecule has 2 rings (SSSR count). The Hall–Kier alpha value is -0.160. The monoisotopic (exact) mass is 242 g/mol. The second-order valence-corrected chi connectivity index (χ2v) is 5.10. The highest BCUT2D eigenvalue weighted by molar-refractivity contribution is 4.85. The zero-order valence-electron chi connectivity index (χ0n) is 11.0. The van der Waals surface area contributed by atoms with Gasteiger partial charge in [-0.3, -0.25) is 4.90 Å². The number of nitrogens with zero attached hydrogens (tertiary/aromatic N) is 1. The van der Waals surface area contributed by atoms with Gasteiger partial charge in [0.2, 0.25) is 0 Å². The van der Waals surface area contributed by atoms with Gasteiger partial charge in [-0.1, -0.05) is 0 Å². The SMILES string of the molecule is COCCN(CCNC1CCOCC1)C1CC1. The highest BCUT2D eigenvalue weighted by Gasteiger charge is 2.28. The summed E-state index contributed by atoms with van der Waals surface area (Å²) in [7, 11) is 1.78. The normalized spacial score (nSPS) is 22.2. The van der Waals surface area contributed by atoms with Gasteiger partial charge in [0, 0.05) is 52.0 Å². The number of hydrogen-bond acceptors (Lipinski definition) is 4. The van der Waals surface area contributed by atoms with Crippen LogP contribution in [-0.4, -0.2) is 63.5 Å². The smallest absolute Gasteiger partial charge is 0.0589 e. The molecule has 1 saturated carbocycles. The Morgan fingerprint density at radius 3 is 2.59 bits per heavy atom. The van der Waals surface area contributed by atoms with Gasteiger partial charge in [0.1, 0.15) is 0 Å². The first-order valence-corrected chi connectivity index (χ1v) is 6.94. The Morgan fingerprint density at radius 2 is 1.94 bits per heavy atom. The number of ether oxygens (including phenoxy) is 2. The summed E-state index contributed by atoms with van der Waals surface area (Å²) >= 11 is 0. The third kappa shape index (κ3) is 4.92. The van der Waals surface area contributed by atoms with Gasteiger partial charge in [0.25, 0.3) is 0 Å². The van der Waals surface area contributed by atoms with Crippen molar-refractivity contribution in [2.45, 2.75) is 37.8 Å². The van der Waals surface area contributed by atoms with Gasteiger partial charge in [-0.05, 0) is 25.7 Å². The quantitative estimate of drug-likeness (QED) is 0.685. The summed E-state index contributed by atoms with van der Waals surface area (Å²) in [5.74, 6) is 0. The van der Waals surface area contributed by atoms with E-state index in [0.29, 0.717) is 6.04 Å². The molecule has 1 aliphatic carbocycles. The Bertz CT molecular complexity index is 204. The van der Waals surface area contributed by atoms with Gasteiger partial charge in [-0.2, -0.15) is 0 Å². The minimum absolute atomic E-state index is 0.673. The predicted octanol–water partition coefficient (Wildman–Crippen LogP) is 0.866. The second-order valence-electron chi connectivity index (χ2n) is 5.10. The Balaban J connectivity index is 1.57. The summed E-state index contributed by atoms with van der Waals surface area (Å²) in [5.41, 5.74) is 0. The molecule has 0 amide bonds. The molecule has 4 heteroatoms. The Morgan fingerprint density at radius 1 is 1.18 bits per heavy atom. The number of nitrogens with one attached hydrogen (secondary N) is 1. The van der Waals surface area contributed by atoms with Crippen LogP contribution in [0.3, 0.4) is 0 Å². The highest BCUT2D eigenvalue weighted by Crippen LogP contribution is 2.26. The van der Waals surface area contributed by atoms with Crippen LogP contribution in [0, 0.1) is 0 Å². The zero-order chi connectivity index (χ0) is 11.9. The molecule has 0 atom stereocenters. The van der Waals surface area contributed by atoms with Crippen LogP contribution in [-0.2, 0) is 9.47 Å². The van der Waals surface area contributed by atoms with E-state index in [0.717, 1.165) is 45.5 Å². The van der Waals surface area contributed by atoms with E-state index >= 15 is 0 Å². The van der Waals surface area contributed by atoms with E-state index in [4.69, 9.17) is 9.47 Å². The summed E-state index contributed by atoms with van der Waals surface area (Å²) in [4.78, 5) is 2.57. The van der Waals surface area contributed by atoms with Crippen molar-refractivity contribution in [2.24, 2.45) is 0 Å². The van der Waals surface area contributed by atoms with Crippen molar-refractivity contribution < 1.29 is 9.47 Å². The molecule has 0 aromatic rings. The average Bonchev–Trinajstić information content (AvgIpc) is 3.19. The maximum Gasteiger partial charge on any atom is 0.0589 e. The molecule has 2 fully saturated rings. The third-order valence-electron chi connectivity index (χ3n) is 3.70. The van der Waals surface area contributed by atoms with E-state index in [9.17, 15) is 0 Å². The van der Waals surface area contributed by atoms with Crippen molar-refractivity contribution in [1.29, 1.82) is 0 Å². The Kier molecular flexibility index (Phi) is 5.71. The zero-order valence-corrected chi connectivity index (χ0v) is 11.0. The first kappa shape index (κ1) is 13.3. The minimum atomic E-state index is 0.673. The Labute approximate surface area is 105 Å². The predicted molar refractivity (Wildman–Crippen MR) is 68.3 cm³/mol. The van der Waals surface area contributed by atoms with Gasteiger partial charge in [-0.15, -0.1) is 0 Å². The van der Waals surface area contributed by atoms with Gasteiger partial charge in [0.15, 0.2) is 0 Å². The lowest BCUT2D eigenvalue weighted by Gasteiger charge is -2.26. The van der Waals surface area contributed by atoms with Crippen molar-refractivity contribution >= 4 is 0 Å². The highest BCUT2D eigenvalue weighted by atomic mass is 16.5. The van der Waals surface area contributed by atoms with Crippen molar-refractivity contribution in [3.05, 3.63) is 0 Å². The molecule has 0 bridgehead atoms. The van der Waals surface area contributed by atoms with E-state index in [1.165, 1.54) is 25.7 Å². The summed E-state index contributed by atoms with van der Waals surface area (Å²) in [6, 6.07) is 1.51. The lowest BCUT2D eigenvalue weighted by Crippen LogP contribution is -2.41. The molecule has 1 heterocycles. The van der Waals surface area contributed by atoms with E-state index < -0.39 is 0 Å². The van der Waals surface area contributed by atoms with E-state index in [1.807, 2.05) is 0 Å². The summed E-state index contributed by atoms with van der Waals surface area (Å²) < 4.78 is 10.5. The lowest BCUT2D eigenvalue weighted by atomic mass is 10.1. The molecular formula is C13H26N2O2. The fourth-order valence-electron chi connectivity index (χ4n) is 2.44. The van der Waals surface area contributed by atoms with Gasteiger partial charge in [0.05, 0.1) is 6.61 Å². The van der Waals surface area contributed by atoms with E-state index in [-0.39, 0.29) is 0 Å². The van der Waals surface area contributed by atoms with Crippen LogP contribution < -0.4 is 5.32 Å². The van der Waals surface area contributed by atoms with Crippen LogP contribution in [0.5, 0.6) is 0 Å². The molecule has 1 aliphatic heterocycles. The average molecular weight is 242 g/mol. The van der Waals surface area contributed by atoms with Crippen molar-refractivity contribution in [3.63, 3.8) is 0 Å². The largest absolute Gasteiger partial charge is 0.383 e. The van der Waals surface area contributed by atoms with Gasteiger partial charge in [-0.25, -0.2) is 0 Å². The van der Waals surface area contributed by atoms with Crippen LogP contribution in [0.4, 0.5) is 0 Å².